The predicted molar refractivity (Wildman–Crippen MR) is 52.6 cm³/mol. The number of rotatable bonds is 5. The van der Waals surface area contributed by atoms with E-state index in [1.165, 1.54) is 0 Å². The van der Waals surface area contributed by atoms with Gasteiger partial charge >= 0.3 is 0 Å². The van der Waals surface area contributed by atoms with Crippen LogP contribution in [0.15, 0.2) is 0 Å². The third kappa shape index (κ3) is 2.31. The van der Waals surface area contributed by atoms with E-state index in [0.29, 0.717) is 5.69 Å². The summed E-state index contributed by atoms with van der Waals surface area (Å²) in [6.07, 6.45) is 2.02. The predicted octanol–water partition coefficient (Wildman–Crippen LogP) is 0.278. The largest absolute Gasteiger partial charge is 0.369 e. The minimum Gasteiger partial charge on any atom is -0.369 e. The zero-order valence-corrected chi connectivity index (χ0v) is 8.66. The highest BCUT2D eigenvalue weighted by atomic mass is 16.1. The molecule has 0 aliphatic rings. The summed E-state index contributed by atoms with van der Waals surface area (Å²) in [4.78, 5) is 10.7. The Morgan fingerprint density at radius 1 is 1.50 bits per heavy atom. The molecule has 0 aromatic carbocycles. The number of carbonyl (C=O) groups excluding carboxylic acids is 1. The molecule has 1 rings (SSSR count). The normalized spacial score (nSPS) is 10.4. The molecule has 0 aliphatic carbocycles. The second kappa shape index (κ2) is 4.74. The second-order valence-corrected chi connectivity index (χ2v) is 3.20. The van der Waals surface area contributed by atoms with Crippen LogP contribution in [0.2, 0.25) is 0 Å². The minimum absolute atomic E-state index is 0.187. The molecule has 5 nitrogen and oxygen atoms in total. The van der Waals surface area contributed by atoms with Gasteiger partial charge in [0.05, 0.1) is 17.8 Å². The van der Waals surface area contributed by atoms with E-state index < -0.39 is 0 Å². The molecule has 0 saturated heterocycles. The van der Waals surface area contributed by atoms with E-state index in [2.05, 4.69) is 17.2 Å². The van der Waals surface area contributed by atoms with Gasteiger partial charge in [0.25, 0.3) is 0 Å². The number of hydrogen-bond donors (Lipinski definition) is 1. The van der Waals surface area contributed by atoms with Crippen LogP contribution in [0.5, 0.6) is 0 Å². The summed E-state index contributed by atoms with van der Waals surface area (Å²) in [5.74, 6) is -0.358. The van der Waals surface area contributed by atoms with Gasteiger partial charge in [-0.05, 0) is 12.8 Å². The van der Waals surface area contributed by atoms with Crippen molar-refractivity contribution < 1.29 is 4.79 Å². The SMILES string of the molecule is CCCn1nnc(CC(N)=O)c1CC. The fourth-order valence-corrected chi connectivity index (χ4v) is 1.45. The van der Waals surface area contributed by atoms with Crippen molar-refractivity contribution in [3.05, 3.63) is 11.4 Å². The molecule has 0 spiro atoms. The highest BCUT2D eigenvalue weighted by molar-refractivity contribution is 5.76. The van der Waals surface area contributed by atoms with Crippen molar-refractivity contribution >= 4 is 5.91 Å². The number of amides is 1. The highest BCUT2D eigenvalue weighted by Crippen LogP contribution is 2.07. The topological polar surface area (TPSA) is 73.8 Å². The third-order valence-corrected chi connectivity index (χ3v) is 2.03. The van der Waals surface area contributed by atoms with Gasteiger partial charge in [-0.25, -0.2) is 4.68 Å². The number of nitrogens with zero attached hydrogens (tertiary/aromatic N) is 3. The molecule has 1 aromatic heterocycles. The van der Waals surface area contributed by atoms with Crippen LogP contribution in [0.25, 0.3) is 0 Å². The van der Waals surface area contributed by atoms with Crippen LogP contribution in [0.1, 0.15) is 31.7 Å². The Kier molecular flexibility index (Phi) is 3.62. The van der Waals surface area contributed by atoms with E-state index in [9.17, 15) is 4.79 Å². The molecule has 0 saturated carbocycles. The Labute approximate surface area is 83.3 Å². The van der Waals surface area contributed by atoms with Gasteiger partial charge in [-0.15, -0.1) is 5.10 Å². The maximum atomic E-state index is 10.7. The molecule has 0 unspecified atom stereocenters. The van der Waals surface area contributed by atoms with Gasteiger partial charge in [0.2, 0.25) is 5.91 Å². The van der Waals surface area contributed by atoms with Crippen molar-refractivity contribution in [2.75, 3.05) is 0 Å². The summed E-state index contributed by atoms with van der Waals surface area (Å²) >= 11 is 0. The molecule has 78 valence electrons. The van der Waals surface area contributed by atoms with Crippen LogP contribution in [0, 0.1) is 0 Å². The van der Waals surface area contributed by atoms with Crippen LogP contribution < -0.4 is 5.73 Å². The van der Waals surface area contributed by atoms with E-state index in [1.807, 2.05) is 11.6 Å². The molecule has 1 heterocycles. The lowest BCUT2D eigenvalue weighted by atomic mass is 10.2. The van der Waals surface area contributed by atoms with Crippen LogP contribution >= 0.6 is 0 Å². The zero-order chi connectivity index (χ0) is 10.6. The van der Waals surface area contributed by atoms with Gasteiger partial charge in [-0.3, -0.25) is 4.79 Å². The second-order valence-electron chi connectivity index (χ2n) is 3.20. The Morgan fingerprint density at radius 2 is 2.21 bits per heavy atom. The van der Waals surface area contributed by atoms with E-state index >= 15 is 0 Å². The molecule has 0 aliphatic heterocycles. The summed E-state index contributed by atoms with van der Waals surface area (Å²) < 4.78 is 1.85. The Bertz CT molecular complexity index is 319. The first kappa shape index (κ1) is 10.7. The average molecular weight is 196 g/mol. The Morgan fingerprint density at radius 3 is 2.71 bits per heavy atom. The summed E-state index contributed by atoms with van der Waals surface area (Å²) in [6, 6.07) is 0. The number of aromatic nitrogens is 3. The van der Waals surface area contributed by atoms with Crippen molar-refractivity contribution in [1.82, 2.24) is 15.0 Å². The molecule has 14 heavy (non-hydrogen) atoms. The smallest absolute Gasteiger partial charge is 0.223 e. The van der Waals surface area contributed by atoms with Gasteiger partial charge in [0, 0.05) is 6.54 Å². The molecule has 0 radical (unpaired) electrons. The first-order valence-electron chi connectivity index (χ1n) is 4.88. The number of primary amides is 1. The van der Waals surface area contributed by atoms with Crippen molar-refractivity contribution in [3.63, 3.8) is 0 Å². The van der Waals surface area contributed by atoms with E-state index in [1.54, 1.807) is 0 Å². The number of aryl methyl sites for hydroxylation is 1. The lowest BCUT2D eigenvalue weighted by Crippen LogP contribution is -2.15. The minimum atomic E-state index is -0.358. The van der Waals surface area contributed by atoms with Crippen molar-refractivity contribution in [2.45, 2.75) is 39.7 Å². The lowest BCUT2D eigenvalue weighted by molar-refractivity contribution is -0.117. The van der Waals surface area contributed by atoms with Gasteiger partial charge in [0.1, 0.15) is 0 Å². The fraction of sp³-hybridized carbons (Fsp3) is 0.667. The summed E-state index contributed by atoms with van der Waals surface area (Å²) in [7, 11) is 0. The zero-order valence-electron chi connectivity index (χ0n) is 8.66. The maximum Gasteiger partial charge on any atom is 0.223 e. The first-order chi connectivity index (χ1) is 6.69. The molecule has 0 fully saturated rings. The molecule has 0 atom stereocenters. The van der Waals surface area contributed by atoms with Crippen LogP contribution in [-0.2, 0) is 24.2 Å². The summed E-state index contributed by atoms with van der Waals surface area (Å²) in [6.45, 7) is 4.94. The quantitative estimate of drug-likeness (QED) is 0.735. The van der Waals surface area contributed by atoms with Crippen LogP contribution in [0.3, 0.4) is 0 Å². The van der Waals surface area contributed by atoms with Crippen molar-refractivity contribution in [3.8, 4) is 0 Å². The van der Waals surface area contributed by atoms with Gasteiger partial charge < -0.3 is 5.73 Å². The van der Waals surface area contributed by atoms with E-state index in [-0.39, 0.29) is 12.3 Å². The molecule has 0 bridgehead atoms. The third-order valence-electron chi connectivity index (χ3n) is 2.03. The lowest BCUT2D eigenvalue weighted by Gasteiger charge is -2.02. The van der Waals surface area contributed by atoms with Crippen molar-refractivity contribution in [1.29, 1.82) is 0 Å². The molecular weight excluding hydrogens is 180 g/mol. The highest BCUT2D eigenvalue weighted by Gasteiger charge is 2.12. The van der Waals surface area contributed by atoms with Gasteiger partial charge in [0.15, 0.2) is 0 Å². The average Bonchev–Trinajstić information content (AvgIpc) is 2.47. The Hall–Kier alpha value is -1.39. The summed E-state index contributed by atoms with van der Waals surface area (Å²) in [5.41, 5.74) is 6.85. The van der Waals surface area contributed by atoms with Crippen LogP contribution in [0.4, 0.5) is 0 Å². The number of carbonyl (C=O) groups is 1. The van der Waals surface area contributed by atoms with E-state index in [0.717, 1.165) is 25.1 Å². The molecule has 1 aromatic rings. The van der Waals surface area contributed by atoms with Crippen LogP contribution in [-0.4, -0.2) is 20.9 Å². The number of hydrogen-bond acceptors (Lipinski definition) is 3. The first-order valence-corrected chi connectivity index (χ1v) is 4.88. The molecule has 2 N–H and O–H groups in total. The number of nitrogens with two attached hydrogens (primary N) is 1. The molecular formula is C9H16N4O. The fourth-order valence-electron chi connectivity index (χ4n) is 1.45. The molecule has 5 heteroatoms. The van der Waals surface area contributed by atoms with Gasteiger partial charge in [-0.2, -0.15) is 0 Å². The van der Waals surface area contributed by atoms with Crippen molar-refractivity contribution in [2.24, 2.45) is 5.73 Å². The van der Waals surface area contributed by atoms with Gasteiger partial charge in [-0.1, -0.05) is 19.1 Å². The maximum absolute atomic E-state index is 10.7. The van der Waals surface area contributed by atoms with E-state index in [4.69, 9.17) is 5.73 Å². The standard InChI is InChI=1S/C9H16N4O/c1-3-5-13-8(4-2)7(11-12-13)6-9(10)14/h3-6H2,1-2H3,(H2,10,14). The molecule has 1 amide bonds. The monoisotopic (exact) mass is 196 g/mol. The summed E-state index contributed by atoms with van der Waals surface area (Å²) in [5, 5.41) is 7.95. The Balaban J connectivity index is 2.88.